The van der Waals surface area contributed by atoms with Crippen LogP contribution in [0.3, 0.4) is 0 Å². The van der Waals surface area contributed by atoms with E-state index in [0.717, 1.165) is 31.1 Å². The van der Waals surface area contributed by atoms with Crippen molar-refractivity contribution >= 4 is 0 Å². The lowest BCUT2D eigenvalue weighted by Crippen LogP contribution is -2.44. The van der Waals surface area contributed by atoms with Crippen LogP contribution in [-0.4, -0.2) is 30.1 Å². The Balaban J connectivity index is 1.99. The molecule has 2 nitrogen and oxygen atoms in total. The van der Waals surface area contributed by atoms with Gasteiger partial charge in [-0.1, -0.05) is 6.92 Å². The van der Waals surface area contributed by atoms with Crippen LogP contribution < -0.4 is 5.73 Å². The van der Waals surface area contributed by atoms with Gasteiger partial charge in [0.2, 0.25) is 0 Å². The quantitative estimate of drug-likeness (QED) is 0.671. The van der Waals surface area contributed by atoms with E-state index in [4.69, 9.17) is 5.73 Å². The van der Waals surface area contributed by atoms with E-state index in [-0.39, 0.29) is 0 Å². The second-order valence-corrected chi connectivity index (χ2v) is 4.49. The van der Waals surface area contributed by atoms with Crippen molar-refractivity contribution in [2.75, 3.05) is 13.1 Å². The van der Waals surface area contributed by atoms with Gasteiger partial charge in [-0.25, -0.2) is 0 Å². The molecule has 0 saturated carbocycles. The summed E-state index contributed by atoms with van der Waals surface area (Å²) in [6, 6.07) is 1.75. The minimum Gasteiger partial charge on any atom is -0.329 e. The van der Waals surface area contributed by atoms with Gasteiger partial charge >= 0.3 is 0 Å². The summed E-state index contributed by atoms with van der Waals surface area (Å²) in [4.78, 5) is 2.65. The summed E-state index contributed by atoms with van der Waals surface area (Å²) in [5.74, 6) is 0.955. The Hall–Kier alpha value is -0.0800. The van der Waals surface area contributed by atoms with Crippen molar-refractivity contribution in [3.8, 4) is 0 Å². The van der Waals surface area contributed by atoms with E-state index in [9.17, 15) is 0 Å². The van der Waals surface area contributed by atoms with E-state index in [1.807, 2.05) is 0 Å². The molecule has 2 bridgehead atoms. The minimum atomic E-state index is 0.835. The molecule has 2 N–H and O–H groups in total. The molecule has 12 heavy (non-hydrogen) atoms. The van der Waals surface area contributed by atoms with Crippen molar-refractivity contribution < 1.29 is 0 Å². The van der Waals surface area contributed by atoms with Gasteiger partial charge in [-0.15, -0.1) is 0 Å². The number of rotatable bonds is 2. The molecule has 2 heteroatoms. The average Bonchev–Trinajstić information content (AvgIpc) is 2.32. The minimum absolute atomic E-state index is 0.835. The van der Waals surface area contributed by atoms with E-state index in [2.05, 4.69) is 11.8 Å². The normalized spacial score (nSPS) is 42.0. The zero-order valence-corrected chi connectivity index (χ0v) is 8.00. The Bertz CT molecular complexity index is 144. The third kappa shape index (κ3) is 1.38. The molecule has 2 aliphatic rings. The van der Waals surface area contributed by atoms with Crippen molar-refractivity contribution in [2.24, 2.45) is 11.7 Å². The van der Waals surface area contributed by atoms with Crippen molar-refractivity contribution in [3.63, 3.8) is 0 Å². The van der Waals surface area contributed by atoms with Crippen LogP contribution in [0.5, 0.6) is 0 Å². The lowest BCUT2D eigenvalue weighted by Gasteiger charge is -2.37. The molecule has 0 amide bonds. The zero-order chi connectivity index (χ0) is 8.55. The molecule has 2 heterocycles. The fourth-order valence-electron chi connectivity index (χ4n) is 3.06. The molecule has 2 unspecified atom stereocenters. The summed E-state index contributed by atoms with van der Waals surface area (Å²) in [6.45, 7) is 4.36. The highest BCUT2D eigenvalue weighted by atomic mass is 15.2. The first kappa shape index (κ1) is 8.52. The van der Waals surface area contributed by atoms with Gasteiger partial charge in [-0.05, 0) is 31.6 Å². The predicted octanol–water partition coefficient (Wildman–Crippen LogP) is 1.21. The van der Waals surface area contributed by atoms with Crippen molar-refractivity contribution in [2.45, 2.75) is 44.7 Å². The van der Waals surface area contributed by atoms with E-state index in [1.165, 1.54) is 25.7 Å². The molecule has 70 valence electrons. The monoisotopic (exact) mass is 168 g/mol. The van der Waals surface area contributed by atoms with Crippen LogP contribution in [0.25, 0.3) is 0 Å². The van der Waals surface area contributed by atoms with Gasteiger partial charge in [0.05, 0.1) is 0 Å². The number of hydrogen-bond acceptors (Lipinski definition) is 2. The maximum Gasteiger partial charge on any atom is 0.0110 e. The van der Waals surface area contributed by atoms with Gasteiger partial charge in [0.1, 0.15) is 0 Å². The fraction of sp³-hybridized carbons (Fsp3) is 1.00. The molecule has 0 aliphatic carbocycles. The highest BCUT2D eigenvalue weighted by molar-refractivity contribution is 4.93. The topological polar surface area (TPSA) is 29.3 Å². The molecule has 2 aliphatic heterocycles. The van der Waals surface area contributed by atoms with E-state index >= 15 is 0 Å². The third-order valence-corrected chi connectivity index (χ3v) is 3.51. The zero-order valence-electron chi connectivity index (χ0n) is 8.00. The Morgan fingerprint density at radius 1 is 1.25 bits per heavy atom. The highest BCUT2D eigenvalue weighted by Crippen LogP contribution is 2.37. The van der Waals surface area contributed by atoms with Gasteiger partial charge in [0.15, 0.2) is 0 Å². The van der Waals surface area contributed by atoms with Gasteiger partial charge in [-0.3, -0.25) is 4.90 Å². The van der Waals surface area contributed by atoms with Crippen molar-refractivity contribution in [1.82, 2.24) is 4.90 Å². The van der Waals surface area contributed by atoms with E-state index in [1.54, 1.807) is 0 Å². The summed E-state index contributed by atoms with van der Waals surface area (Å²) in [7, 11) is 0. The summed E-state index contributed by atoms with van der Waals surface area (Å²) < 4.78 is 0. The number of nitrogens with zero attached hydrogens (tertiary/aromatic N) is 1. The molecule has 0 aromatic heterocycles. The molecular weight excluding hydrogens is 148 g/mol. The van der Waals surface area contributed by atoms with Crippen LogP contribution >= 0.6 is 0 Å². The van der Waals surface area contributed by atoms with Crippen LogP contribution in [0.15, 0.2) is 0 Å². The molecule has 2 rings (SSSR count). The van der Waals surface area contributed by atoms with Gasteiger partial charge in [-0.2, -0.15) is 0 Å². The number of piperidine rings is 1. The second kappa shape index (κ2) is 3.35. The lowest BCUT2D eigenvalue weighted by atomic mass is 9.92. The average molecular weight is 168 g/mol. The first-order valence-corrected chi connectivity index (χ1v) is 5.27. The fourth-order valence-corrected chi connectivity index (χ4v) is 3.06. The van der Waals surface area contributed by atoms with Gasteiger partial charge < -0.3 is 5.73 Å². The molecule has 0 aromatic carbocycles. The Labute approximate surface area is 75.1 Å². The smallest absolute Gasteiger partial charge is 0.0110 e. The van der Waals surface area contributed by atoms with Crippen molar-refractivity contribution in [1.29, 1.82) is 0 Å². The molecule has 2 fully saturated rings. The highest BCUT2D eigenvalue weighted by Gasteiger charge is 2.38. The summed E-state index contributed by atoms with van der Waals surface area (Å²) in [5, 5.41) is 0. The first-order chi connectivity index (χ1) is 5.81. The van der Waals surface area contributed by atoms with Crippen LogP contribution in [-0.2, 0) is 0 Å². The summed E-state index contributed by atoms with van der Waals surface area (Å²) in [5.41, 5.74) is 5.60. The first-order valence-electron chi connectivity index (χ1n) is 5.27. The van der Waals surface area contributed by atoms with Crippen LogP contribution in [0.1, 0.15) is 32.6 Å². The summed E-state index contributed by atoms with van der Waals surface area (Å²) >= 11 is 0. The predicted molar refractivity (Wildman–Crippen MR) is 51.0 cm³/mol. The molecule has 2 atom stereocenters. The van der Waals surface area contributed by atoms with Gasteiger partial charge in [0, 0.05) is 25.2 Å². The number of hydrogen-bond donors (Lipinski definition) is 1. The Morgan fingerprint density at radius 3 is 2.33 bits per heavy atom. The van der Waals surface area contributed by atoms with Gasteiger partial charge in [0.25, 0.3) is 0 Å². The lowest BCUT2D eigenvalue weighted by molar-refractivity contribution is 0.114. The SMILES string of the molecule is CC1CC2CCC(C1)N2CCN. The van der Waals surface area contributed by atoms with E-state index in [0.29, 0.717) is 0 Å². The third-order valence-electron chi connectivity index (χ3n) is 3.51. The second-order valence-electron chi connectivity index (χ2n) is 4.49. The molecule has 0 spiro atoms. The number of fused-ring (bicyclic) bond motifs is 2. The van der Waals surface area contributed by atoms with Crippen LogP contribution in [0, 0.1) is 5.92 Å². The number of nitrogens with two attached hydrogens (primary N) is 1. The molecule has 0 radical (unpaired) electrons. The standard InChI is InChI=1S/C10H20N2/c1-8-6-9-2-3-10(7-8)12(9)5-4-11/h8-10H,2-7,11H2,1H3. The van der Waals surface area contributed by atoms with Crippen LogP contribution in [0.2, 0.25) is 0 Å². The molecule has 0 aromatic rings. The largest absolute Gasteiger partial charge is 0.329 e. The molecular formula is C10H20N2. The summed E-state index contributed by atoms with van der Waals surface area (Å²) in [6.07, 6.45) is 5.68. The van der Waals surface area contributed by atoms with Crippen molar-refractivity contribution in [3.05, 3.63) is 0 Å². The van der Waals surface area contributed by atoms with E-state index < -0.39 is 0 Å². The maximum absolute atomic E-state index is 5.60. The maximum atomic E-state index is 5.60. The molecule has 2 saturated heterocycles. The Kier molecular flexibility index (Phi) is 2.37. The van der Waals surface area contributed by atoms with Crippen LogP contribution in [0.4, 0.5) is 0 Å². The Morgan fingerprint density at radius 2 is 1.83 bits per heavy atom.